The van der Waals surface area contributed by atoms with Crippen molar-refractivity contribution in [3.8, 4) is 0 Å². The van der Waals surface area contributed by atoms with Gasteiger partial charge in [-0.25, -0.2) is 0 Å². The Labute approximate surface area is 95.6 Å². The molecule has 0 saturated heterocycles. The Morgan fingerprint density at radius 2 is 2.19 bits per heavy atom. The average molecular weight is 227 g/mol. The number of carbonyl (C=O) groups is 1. The van der Waals surface area contributed by atoms with E-state index >= 15 is 0 Å². The lowest BCUT2D eigenvalue weighted by atomic mass is 9.74. The molecule has 0 amide bonds. The topological polar surface area (TPSA) is 78.8 Å². The molecule has 0 aromatic rings. The van der Waals surface area contributed by atoms with Gasteiger partial charge in [-0.3, -0.25) is 4.79 Å². The first kappa shape index (κ1) is 13.2. The van der Waals surface area contributed by atoms with Crippen molar-refractivity contribution in [2.75, 3.05) is 6.54 Å². The summed E-state index contributed by atoms with van der Waals surface area (Å²) in [7, 11) is -1.49. The molecule has 0 saturated carbocycles. The lowest BCUT2D eigenvalue weighted by Crippen LogP contribution is -2.45. The highest BCUT2D eigenvalue weighted by Gasteiger charge is 2.30. The van der Waals surface area contributed by atoms with E-state index in [0.717, 1.165) is 0 Å². The van der Waals surface area contributed by atoms with Crippen LogP contribution in [0.3, 0.4) is 0 Å². The highest BCUT2D eigenvalue weighted by Crippen LogP contribution is 2.15. The summed E-state index contributed by atoms with van der Waals surface area (Å²) in [6.45, 7) is 5.83. The molecule has 1 rings (SSSR count). The van der Waals surface area contributed by atoms with Crippen LogP contribution in [0.25, 0.3) is 0 Å². The SMILES string of the molecule is CC(C)(C)OC(=O)C1CC(B(O)O)=CCN1. The normalized spacial score (nSPS) is 21.3. The lowest BCUT2D eigenvalue weighted by molar-refractivity contribution is -0.157. The maximum absolute atomic E-state index is 11.7. The van der Waals surface area contributed by atoms with Crippen molar-refractivity contribution in [3.63, 3.8) is 0 Å². The number of rotatable bonds is 2. The van der Waals surface area contributed by atoms with Gasteiger partial charge in [-0.15, -0.1) is 0 Å². The van der Waals surface area contributed by atoms with E-state index in [2.05, 4.69) is 5.32 Å². The van der Waals surface area contributed by atoms with Gasteiger partial charge >= 0.3 is 13.1 Å². The molecule has 0 fully saturated rings. The third-order valence-electron chi connectivity index (χ3n) is 2.19. The molecule has 0 aromatic carbocycles. The summed E-state index contributed by atoms with van der Waals surface area (Å²) in [5, 5.41) is 21.0. The van der Waals surface area contributed by atoms with E-state index in [9.17, 15) is 4.79 Å². The van der Waals surface area contributed by atoms with Crippen LogP contribution in [0.4, 0.5) is 0 Å². The fourth-order valence-electron chi connectivity index (χ4n) is 1.47. The molecule has 0 bridgehead atoms. The van der Waals surface area contributed by atoms with Crippen molar-refractivity contribution in [3.05, 3.63) is 11.5 Å². The van der Waals surface area contributed by atoms with E-state index in [1.807, 2.05) is 0 Å². The zero-order chi connectivity index (χ0) is 12.3. The van der Waals surface area contributed by atoms with E-state index in [1.54, 1.807) is 26.8 Å². The van der Waals surface area contributed by atoms with Crippen molar-refractivity contribution < 1.29 is 19.6 Å². The first-order valence-corrected chi connectivity index (χ1v) is 5.31. The molecular weight excluding hydrogens is 209 g/mol. The van der Waals surface area contributed by atoms with E-state index < -0.39 is 18.8 Å². The van der Waals surface area contributed by atoms with Gasteiger partial charge < -0.3 is 20.1 Å². The first-order valence-electron chi connectivity index (χ1n) is 5.31. The minimum Gasteiger partial charge on any atom is -0.459 e. The van der Waals surface area contributed by atoms with Gasteiger partial charge in [-0.2, -0.15) is 0 Å². The minimum atomic E-state index is -1.49. The summed E-state index contributed by atoms with van der Waals surface area (Å²) in [6, 6.07) is -0.499. The summed E-state index contributed by atoms with van der Waals surface area (Å²) in [5.74, 6) is -0.362. The van der Waals surface area contributed by atoms with Gasteiger partial charge in [-0.1, -0.05) is 6.08 Å². The van der Waals surface area contributed by atoms with Gasteiger partial charge in [0, 0.05) is 6.54 Å². The van der Waals surface area contributed by atoms with Crippen molar-refractivity contribution >= 4 is 13.1 Å². The highest BCUT2D eigenvalue weighted by atomic mass is 16.6. The summed E-state index contributed by atoms with van der Waals surface area (Å²) in [6.07, 6.45) is 1.94. The predicted molar refractivity (Wildman–Crippen MR) is 60.5 cm³/mol. The average Bonchev–Trinajstić information content (AvgIpc) is 2.15. The molecule has 6 heteroatoms. The number of ether oxygens (including phenoxy) is 1. The standard InChI is InChI=1S/C10H18BNO4/c1-10(2,3)16-9(13)8-6-7(11(14)15)4-5-12-8/h4,8,12,14-15H,5-6H2,1-3H3. The van der Waals surface area contributed by atoms with Crippen LogP contribution in [0.1, 0.15) is 27.2 Å². The third kappa shape index (κ3) is 3.96. The molecule has 90 valence electrons. The van der Waals surface area contributed by atoms with Gasteiger partial charge in [0.2, 0.25) is 0 Å². The van der Waals surface area contributed by atoms with Crippen molar-refractivity contribution in [1.29, 1.82) is 0 Å². The lowest BCUT2D eigenvalue weighted by Gasteiger charge is -2.27. The zero-order valence-corrected chi connectivity index (χ0v) is 9.86. The fourth-order valence-corrected chi connectivity index (χ4v) is 1.47. The number of hydrogen-bond donors (Lipinski definition) is 3. The molecule has 1 unspecified atom stereocenters. The van der Waals surface area contributed by atoms with E-state index in [0.29, 0.717) is 12.0 Å². The molecule has 0 radical (unpaired) electrons. The Kier molecular flexibility index (Phi) is 4.12. The molecule has 5 nitrogen and oxygen atoms in total. The molecule has 0 spiro atoms. The van der Waals surface area contributed by atoms with Crippen LogP contribution >= 0.6 is 0 Å². The van der Waals surface area contributed by atoms with Gasteiger partial charge in [0.15, 0.2) is 0 Å². The molecule has 1 heterocycles. The van der Waals surface area contributed by atoms with Crippen LogP contribution in [0, 0.1) is 0 Å². The largest absolute Gasteiger partial charge is 0.483 e. The maximum Gasteiger partial charge on any atom is 0.483 e. The second-order valence-corrected chi connectivity index (χ2v) is 4.85. The minimum absolute atomic E-state index is 0.270. The van der Waals surface area contributed by atoms with Crippen LogP contribution in [0.2, 0.25) is 0 Å². The third-order valence-corrected chi connectivity index (χ3v) is 2.19. The number of carbonyl (C=O) groups excluding carboxylic acids is 1. The molecule has 0 aromatic heterocycles. The molecule has 16 heavy (non-hydrogen) atoms. The van der Waals surface area contributed by atoms with Gasteiger partial charge in [-0.05, 0) is 32.7 Å². The van der Waals surface area contributed by atoms with E-state index in [4.69, 9.17) is 14.8 Å². The highest BCUT2D eigenvalue weighted by molar-refractivity contribution is 6.50. The maximum atomic E-state index is 11.7. The van der Waals surface area contributed by atoms with Crippen LogP contribution in [-0.2, 0) is 9.53 Å². The molecule has 1 atom stereocenters. The zero-order valence-electron chi connectivity index (χ0n) is 9.86. The quantitative estimate of drug-likeness (QED) is 0.443. The Morgan fingerprint density at radius 1 is 1.56 bits per heavy atom. The summed E-state index contributed by atoms with van der Waals surface area (Å²) < 4.78 is 5.21. The summed E-state index contributed by atoms with van der Waals surface area (Å²) >= 11 is 0. The van der Waals surface area contributed by atoms with Crippen LogP contribution < -0.4 is 5.32 Å². The smallest absolute Gasteiger partial charge is 0.459 e. The van der Waals surface area contributed by atoms with Gasteiger partial charge in [0.25, 0.3) is 0 Å². The second-order valence-electron chi connectivity index (χ2n) is 4.85. The van der Waals surface area contributed by atoms with Crippen LogP contribution in [-0.4, -0.2) is 41.3 Å². The van der Waals surface area contributed by atoms with Crippen LogP contribution in [0.5, 0.6) is 0 Å². The fraction of sp³-hybridized carbons (Fsp3) is 0.700. The predicted octanol–water partition coefficient (Wildman–Crippen LogP) is -0.372. The second kappa shape index (κ2) is 4.99. The number of esters is 1. The Bertz CT molecular complexity index is 296. The van der Waals surface area contributed by atoms with Crippen molar-refractivity contribution in [2.24, 2.45) is 0 Å². The Balaban J connectivity index is 2.57. The molecule has 0 aliphatic carbocycles. The molecule has 1 aliphatic rings. The van der Waals surface area contributed by atoms with Gasteiger partial charge in [0.05, 0.1) is 0 Å². The van der Waals surface area contributed by atoms with E-state index in [-0.39, 0.29) is 12.4 Å². The molecule has 3 N–H and O–H groups in total. The number of nitrogens with one attached hydrogen (secondary N) is 1. The Morgan fingerprint density at radius 3 is 2.69 bits per heavy atom. The van der Waals surface area contributed by atoms with Gasteiger partial charge in [0.1, 0.15) is 11.6 Å². The monoisotopic (exact) mass is 227 g/mol. The number of hydrogen-bond acceptors (Lipinski definition) is 5. The molecule has 1 aliphatic heterocycles. The van der Waals surface area contributed by atoms with Crippen LogP contribution in [0.15, 0.2) is 11.5 Å². The summed E-state index contributed by atoms with van der Waals surface area (Å²) in [4.78, 5) is 11.7. The first-order chi connectivity index (χ1) is 7.29. The van der Waals surface area contributed by atoms with E-state index in [1.165, 1.54) is 0 Å². The van der Waals surface area contributed by atoms with Crippen molar-refractivity contribution in [1.82, 2.24) is 5.32 Å². The van der Waals surface area contributed by atoms with Crippen molar-refractivity contribution in [2.45, 2.75) is 38.8 Å². The summed E-state index contributed by atoms with van der Waals surface area (Å²) in [5.41, 5.74) is -0.0765. The Hall–Kier alpha value is -0.845. The molecular formula is C10H18BNO4.